The molecule has 0 N–H and O–H groups in total. The second-order valence-corrected chi connectivity index (χ2v) is 4.10. The first-order chi connectivity index (χ1) is 8.60. The first-order valence-corrected chi connectivity index (χ1v) is 6.08. The quantitative estimate of drug-likeness (QED) is 0.771. The van der Waals surface area contributed by atoms with Gasteiger partial charge in [0.2, 0.25) is 0 Å². The van der Waals surface area contributed by atoms with E-state index in [2.05, 4.69) is 4.74 Å². The molecule has 0 aromatic heterocycles. The zero-order valence-corrected chi connectivity index (χ0v) is 11.2. The van der Waals surface area contributed by atoms with Crippen molar-refractivity contribution in [1.82, 2.24) is 4.90 Å². The summed E-state index contributed by atoms with van der Waals surface area (Å²) in [5, 5.41) is 0.416. The lowest BCUT2D eigenvalue weighted by Gasteiger charge is -2.20. The number of hydrogen-bond donors (Lipinski definition) is 0. The van der Waals surface area contributed by atoms with Gasteiger partial charge in [-0.2, -0.15) is 0 Å². The van der Waals surface area contributed by atoms with Gasteiger partial charge in [-0.1, -0.05) is 23.7 Å². The van der Waals surface area contributed by atoms with Crippen LogP contribution in [0.4, 0.5) is 0 Å². The summed E-state index contributed by atoms with van der Waals surface area (Å²) in [5.41, 5.74) is 0.450. The molecule has 0 aliphatic heterocycles. The third-order valence-electron chi connectivity index (χ3n) is 2.59. The van der Waals surface area contributed by atoms with Gasteiger partial charge in [-0.25, -0.2) is 0 Å². The van der Waals surface area contributed by atoms with Crippen LogP contribution in [0.25, 0.3) is 0 Å². The Kier molecular flexibility index (Phi) is 5.65. The highest BCUT2D eigenvalue weighted by Gasteiger charge is 2.17. The SMILES string of the molecule is CCN(CCC(=O)OC)C(=O)c1ccccc1Cl. The highest BCUT2D eigenvalue weighted by Crippen LogP contribution is 2.17. The Morgan fingerprint density at radius 3 is 2.56 bits per heavy atom. The van der Waals surface area contributed by atoms with Crippen LogP contribution in [-0.2, 0) is 9.53 Å². The van der Waals surface area contributed by atoms with Crippen LogP contribution in [-0.4, -0.2) is 37.0 Å². The predicted molar refractivity (Wildman–Crippen MR) is 69.7 cm³/mol. The third kappa shape index (κ3) is 3.74. The Bertz CT molecular complexity index is 434. The van der Waals surface area contributed by atoms with E-state index in [1.54, 1.807) is 29.2 Å². The number of nitrogens with zero attached hydrogens (tertiary/aromatic N) is 1. The number of carbonyl (C=O) groups excluding carboxylic acids is 2. The molecule has 0 saturated heterocycles. The van der Waals surface area contributed by atoms with Gasteiger partial charge in [-0.05, 0) is 19.1 Å². The molecule has 0 aliphatic rings. The molecule has 0 bridgehead atoms. The van der Waals surface area contributed by atoms with Gasteiger partial charge in [0, 0.05) is 13.1 Å². The van der Waals surface area contributed by atoms with E-state index < -0.39 is 0 Å². The van der Waals surface area contributed by atoms with Gasteiger partial charge in [0.05, 0.1) is 24.1 Å². The van der Waals surface area contributed by atoms with Crippen LogP contribution in [0, 0.1) is 0 Å². The topological polar surface area (TPSA) is 46.6 Å². The fourth-order valence-corrected chi connectivity index (χ4v) is 1.75. The minimum atomic E-state index is -0.333. The maximum absolute atomic E-state index is 12.2. The molecule has 0 fully saturated rings. The molecule has 0 heterocycles. The molecule has 0 saturated carbocycles. The molecule has 18 heavy (non-hydrogen) atoms. The Balaban J connectivity index is 2.74. The number of hydrogen-bond acceptors (Lipinski definition) is 3. The summed E-state index contributed by atoms with van der Waals surface area (Å²) >= 11 is 5.97. The largest absolute Gasteiger partial charge is 0.469 e. The summed E-state index contributed by atoms with van der Waals surface area (Å²) in [6, 6.07) is 6.87. The van der Waals surface area contributed by atoms with Gasteiger partial charge in [-0.15, -0.1) is 0 Å². The summed E-state index contributed by atoms with van der Waals surface area (Å²) in [6.45, 7) is 2.69. The second kappa shape index (κ2) is 7.01. The Morgan fingerprint density at radius 2 is 2.00 bits per heavy atom. The molecule has 0 aliphatic carbocycles. The zero-order valence-electron chi connectivity index (χ0n) is 10.5. The van der Waals surface area contributed by atoms with E-state index >= 15 is 0 Å². The number of ether oxygens (including phenoxy) is 1. The number of amides is 1. The van der Waals surface area contributed by atoms with E-state index in [-0.39, 0.29) is 18.3 Å². The average molecular weight is 270 g/mol. The number of halogens is 1. The van der Waals surface area contributed by atoms with E-state index in [0.29, 0.717) is 23.7 Å². The molecule has 0 spiro atoms. The summed E-state index contributed by atoms with van der Waals surface area (Å²) in [7, 11) is 1.33. The van der Waals surface area contributed by atoms with Gasteiger partial charge in [0.1, 0.15) is 0 Å². The van der Waals surface area contributed by atoms with Crippen LogP contribution in [0.3, 0.4) is 0 Å². The lowest BCUT2D eigenvalue weighted by molar-refractivity contribution is -0.140. The Morgan fingerprint density at radius 1 is 1.33 bits per heavy atom. The normalized spacial score (nSPS) is 9.94. The fraction of sp³-hybridized carbons (Fsp3) is 0.385. The Labute approximate surface area is 111 Å². The molecule has 1 aromatic carbocycles. The zero-order chi connectivity index (χ0) is 13.5. The van der Waals surface area contributed by atoms with Gasteiger partial charge in [0.15, 0.2) is 0 Å². The maximum Gasteiger partial charge on any atom is 0.307 e. The fourth-order valence-electron chi connectivity index (χ4n) is 1.54. The molecule has 0 atom stereocenters. The molecule has 5 heteroatoms. The molecule has 0 unspecified atom stereocenters. The van der Waals surface area contributed by atoms with Gasteiger partial charge in [0.25, 0.3) is 5.91 Å². The highest BCUT2D eigenvalue weighted by atomic mass is 35.5. The van der Waals surface area contributed by atoms with Crippen molar-refractivity contribution < 1.29 is 14.3 Å². The van der Waals surface area contributed by atoms with Crippen molar-refractivity contribution in [3.05, 3.63) is 34.9 Å². The van der Waals surface area contributed by atoms with Gasteiger partial charge in [-0.3, -0.25) is 9.59 Å². The molecule has 4 nitrogen and oxygen atoms in total. The minimum absolute atomic E-state index is 0.174. The first-order valence-electron chi connectivity index (χ1n) is 5.70. The highest BCUT2D eigenvalue weighted by molar-refractivity contribution is 6.33. The molecule has 1 aromatic rings. The molecular weight excluding hydrogens is 254 g/mol. The number of methoxy groups -OCH3 is 1. The van der Waals surface area contributed by atoms with Crippen molar-refractivity contribution >= 4 is 23.5 Å². The molecule has 98 valence electrons. The van der Waals surface area contributed by atoms with Crippen molar-refractivity contribution in [2.45, 2.75) is 13.3 Å². The standard InChI is InChI=1S/C13H16ClNO3/c1-3-15(9-8-12(16)18-2)13(17)10-6-4-5-7-11(10)14/h4-7H,3,8-9H2,1-2H3. The third-order valence-corrected chi connectivity index (χ3v) is 2.92. The van der Waals surface area contributed by atoms with E-state index in [1.165, 1.54) is 7.11 Å². The molecular formula is C13H16ClNO3. The minimum Gasteiger partial charge on any atom is -0.469 e. The van der Waals surface area contributed by atoms with Crippen LogP contribution in [0.1, 0.15) is 23.7 Å². The summed E-state index contributed by atoms with van der Waals surface area (Å²) in [5.74, 6) is -0.507. The van der Waals surface area contributed by atoms with E-state index in [9.17, 15) is 9.59 Å². The van der Waals surface area contributed by atoms with Crippen molar-refractivity contribution in [1.29, 1.82) is 0 Å². The average Bonchev–Trinajstić information content (AvgIpc) is 2.39. The molecule has 1 amide bonds. The van der Waals surface area contributed by atoms with Crippen LogP contribution in [0.15, 0.2) is 24.3 Å². The van der Waals surface area contributed by atoms with Crippen molar-refractivity contribution in [3.8, 4) is 0 Å². The van der Waals surface area contributed by atoms with E-state index in [0.717, 1.165) is 0 Å². The summed E-state index contributed by atoms with van der Waals surface area (Å²) in [4.78, 5) is 24.8. The smallest absolute Gasteiger partial charge is 0.307 e. The van der Waals surface area contributed by atoms with Crippen LogP contribution in [0.2, 0.25) is 5.02 Å². The summed E-state index contributed by atoms with van der Waals surface area (Å²) in [6.07, 6.45) is 0.181. The van der Waals surface area contributed by atoms with Gasteiger partial charge < -0.3 is 9.64 Å². The molecule has 0 radical (unpaired) electrons. The maximum atomic E-state index is 12.2. The number of rotatable bonds is 5. The van der Waals surface area contributed by atoms with Crippen molar-refractivity contribution in [2.24, 2.45) is 0 Å². The lowest BCUT2D eigenvalue weighted by Crippen LogP contribution is -2.33. The predicted octanol–water partition coefficient (Wildman–Crippen LogP) is 2.37. The van der Waals surface area contributed by atoms with Crippen molar-refractivity contribution in [3.63, 3.8) is 0 Å². The number of esters is 1. The number of benzene rings is 1. The Hall–Kier alpha value is -1.55. The van der Waals surface area contributed by atoms with Gasteiger partial charge >= 0.3 is 5.97 Å². The first kappa shape index (κ1) is 14.5. The van der Waals surface area contributed by atoms with Crippen molar-refractivity contribution in [2.75, 3.05) is 20.2 Å². The van der Waals surface area contributed by atoms with Crippen LogP contribution >= 0.6 is 11.6 Å². The monoisotopic (exact) mass is 269 g/mol. The lowest BCUT2D eigenvalue weighted by atomic mass is 10.2. The number of carbonyl (C=O) groups is 2. The van der Waals surface area contributed by atoms with E-state index in [1.807, 2.05) is 6.92 Å². The van der Waals surface area contributed by atoms with E-state index in [4.69, 9.17) is 11.6 Å². The van der Waals surface area contributed by atoms with Crippen LogP contribution in [0.5, 0.6) is 0 Å². The summed E-state index contributed by atoms with van der Waals surface area (Å²) < 4.78 is 4.55. The molecule has 1 rings (SSSR count). The van der Waals surface area contributed by atoms with Crippen LogP contribution < -0.4 is 0 Å². The second-order valence-electron chi connectivity index (χ2n) is 3.69.